The summed E-state index contributed by atoms with van der Waals surface area (Å²) < 4.78 is 1.64. The van der Waals surface area contributed by atoms with Gasteiger partial charge in [0.15, 0.2) is 11.5 Å². The number of aromatic amines is 1. The number of nitrogens with one attached hydrogen (secondary N) is 1. The molecule has 19 heavy (non-hydrogen) atoms. The van der Waals surface area contributed by atoms with Gasteiger partial charge in [-0.2, -0.15) is 0 Å². The maximum Gasteiger partial charge on any atom is 0.262 e. The Kier molecular flexibility index (Phi) is 2.10. The van der Waals surface area contributed by atoms with Crippen molar-refractivity contribution in [3.8, 4) is 11.5 Å². The standard InChI is InChI=1S/C12H12N4O3/c1-4-13-7-6(12(19)14-4)10(17)8-9(11(7)18)16(3)5(2)15-8/h17-18H,1-3H3,(H,13,14,19). The van der Waals surface area contributed by atoms with Crippen LogP contribution >= 0.6 is 0 Å². The highest BCUT2D eigenvalue weighted by molar-refractivity contribution is 6.06. The second kappa shape index (κ2) is 3.47. The van der Waals surface area contributed by atoms with Gasteiger partial charge in [-0.1, -0.05) is 0 Å². The number of phenols is 2. The van der Waals surface area contributed by atoms with E-state index in [9.17, 15) is 15.0 Å². The minimum atomic E-state index is -0.500. The molecule has 0 radical (unpaired) electrons. The molecule has 0 aliphatic heterocycles. The SMILES string of the molecule is Cc1nc2c(O)c3c(nc(C)n3C)c(O)c2c(=O)[nH]1. The molecule has 2 heterocycles. The van der Waals surface area contributed by atoms with Gasteiger partial charge in [-0.3, -0.25) is 4.79 Å². The fraction of sp³-hybridized carbons (Fsp3) is 0.250. The average molecular weight is 260 g/mol. The summed E-state index contributed by atoms with van der Waals surface area (Å²) in [7, 11) is 1.72. The first-order valence-corrected chi connectivity index (χ1v) is 5.69. The van der Waals surface area contributed by atoms with Crippen molar-refractivity contribution in [2.45, 2.75) is 13.8 Å². The maximum atomic E-state index is 11.9. The Balaban J connectivity index is 2.73. The summed E-state index contributed by atoms with van der Waals surface area (Å²) in [6.07, 6.45) is 0. The van der Waals surface area contributed by atoms with Crippen LogP contribution in [-0.4, -0.2) is 29.7 Å². The van der Waals surface area contributed by atoms with Gasteiger partial charge in [0, 0.05) is 7.05 Å². The molecule has 1 aromatic carbocycles. The maximum absolute atomic E-state index is 11.9. The van der Waals surface area contributed by atoms with Gasteiger partial charge in [-0.05, 0) is 13.8 Å². The number of phenolic OH excluding ortho intramolecular Hbond substituents is 2. The Bertz CT molecular complexity index is 892. The van der Waals surface area contributed by atoms with Crippen LogP contribution in [0.25, 0.3) is 21.9 Å². The van der Waals surface area contributed by atoms with Gasteiger partial charge in [-0.25, -0.2) is 9.97 Å². The Labute approximate surface area is 107 Å². The summed E-state index contributed by atoms with van der Waals surface area (Å²) in [6, 6.07) is 0. The zero-order chi connectivity index (χ0) is 13.9. The van der Waals surface area contributed by atoms with Gasteiger partial charge < -0.3 is 19.8 Å². The molecule has 0 saturated heterocycles. The molecule has 0 aliphatic rings. The number of imidazole rings is 1. The van der Waals surface area contributed by atoms with Crippen LogP contribution in [0.5, 0.6) is 11.5 Å². The van der Waals surface area contributed by atoms with Gasteiger partial charge in [0.05, 0.1) is 0 Å². The van der Waals surface area contributed by atoms with E-state index in [0.717, 1.165) is 0 Å². The number of rotatable bonds is 0. The van der Waals surface area contributed by atoms with Gasteiger partial charge in [-0.15, -0.1) is 0 Å². The summed E-state index contributed by atoms with van der Waals surface area (Å²) in [5.74, 6) is 0.565. The molecule has 0 aliphatic carbocycles. The van der Waals surface area contributed by atoms with E-state index in [4.69, 9.17) is 0 Å². The van der Waals surface area contributed by atoms with E-state index in [2.05, 4.69) is 15.0 Å². The van der Waals surface area contributed by atoms with Gasteiger partial charge >= 0.3 is 0 Å². The second-order valence-corrected chi connectivity index (χ2v) is 4.49. The second-order valence-electron chi connectivity index (χ2n) is 4.49. The monoisotopic (exact) mass is 260 g/mol. The molecule has 0 fully saturated rings. The summed E-state index contributed by atoms with van der Waals surface area (Å²) in [4.78, 5) is 22.7. The fourth-order valence-electron chi connectivity index (χ4n) is 2.25. The number of hydrogen-bond acceptors (Lipinski definition) is 5. The fourth-order valence-corrected chi connectivity index (χ4v) is 2.25. The Hall–Kier alpha value is -2.57. The van der Waals surface area contributed by atoms with Crippen molar-refractivity contribution >= 4 is 21.9 Å². The first kappa shape index (κ1) is 11.5. The lowest BCUT2D eigenvalue weighted by molar-refractivity contribution is 0.474. The Morgan fingerprint density at radius 1 is 1.11 bits per heavy atom. The van der Waals surface area contributed by atoms with Crippen molar-refractivity contribution in [1.29, 1.82) is 0 Å². The molecule has 7 nitrogen and oxygen atoms in total. The Morgan fingerprint density at radius 3 is 2.47 bits per heavy atom. The quantitative estimate of drug-likeness (QED) is 0.519. The average Bonchev–Trinajstić information content (AvgIpc) is 2.63. The molecule has 3 rings (SSSR count). The Morgan fingerprint density at radius 2 is 1.79 bits per heavy atom. The summed E-state index contributed by atoms with van der Waals surface area (Å²) in [5.41, 5.74) is 0.135. The van der Waals surface area contributed by atoms with Crippen molar-refractivity contribution in [3.05, 3.63) is 22.0 Å². The van der Waals surface area contributed by atoms with E-state index < -0.39 is 5.56 Å². The van der Waals surface area contributed by atoms with Crippen LogP contribution in [0.1, 0.15) is 11.6 Å². The third-order valence-corrected chi connectivity index (χ3v) is 3.27. The highest BCUT2D eigenvalue weighted by Crippen LogP contribution is 2.38. The van der Waals surface area contributed by atoms with E-state index in [0.29, 0.717) is 17.2 Å². The molecule has 3 N–H and O–H groups in total. The molecule has 0 unspecified atom stereocenters. The van der Waals surface area contributed by atoms with E-state index >= 15 is 0 Å². The number of aromatic hydroxyl groups is 2. The molecule has 0 amide bonds. The van der Waals surface area contributed by atoms with Crippen LogP contribution in [0.3, 0.4) is 0 Å². The lowest BCUT2D eigenvalue weighted by Gasteiger charge is -2.06. The normalized spacial score (nSPS) is 11.5. The number of H-pyrrole nitrogens is 1. The van der Waals surface area contributed by atoms with Crippen LogP contribution in [0, 0.1) is 13.8 Å². The predicted octanol–water partition coefficient (Wildman–Crippen LogP) is 0.838. The van der Waals surface area contributed by atoms with Crippen LogP contribution in [-0.2, 0) is 7.05 Å². The first-order valence-electron chi connectivity index (χ1n) is 5.69. The molecule has 2 aromatic heterocycles. The molecular formula is C12H12N4O3. The van der Waals surface area contributed by atoms with Crippen molar-refractivity contribution in [2.24, 2.45) is 7.05 Å². The molecule has 0 spiro atoms. The predicted molar refractivity (Wildman–Crippen MR) is 69.4 cm³/mol. The summed E-state index contributed by atoms with van der Waals surface area (Å²) in [5, 5.41) is 20.4. The van der Waals surface area contributed by atoms with Gasteiger partial charge in [0.2, 0.25) is 0 Å². The van der Waals surface area contributed by atoms with Crippen LogP contribution in [0.4, 0.5) is 0 Å². The molecule has 98 valence electrons. The number of aryl methyl sites for hydroxylation is 3. The van der Waals surface area contributed by atoms with Crippen LogP contribution in [0.15, 0.2) is 4.79 Å². The number of benzene rings is 1. The third-order valence-electron chi connectivity index (χ3n) is 3.27. The minimum absolute atomic E-state index is 0.0475. The molecular weight excluding hydrogens is 248 g/mol. The highest BCUT2D eigenvalue weighted by atomic mass is 16.3. The molecule has 7 heteroatoms. The van der Waals surface area contributed by atoms with E-state index in [-0.39, 0.29) is 27.9 Å². The highest BCUT2D eigenvalue weighted by Gasteiger charge is 2.21. The van der Waals surface area contributed by atoms with Crippen molar-refractivity contribution in [3.63, 3.8) is 0 Å². The van der Waals surface area contributed by atoms with Crippen molar-refractivity contribution in [2.75, 3.05) is 0 Å². The first-order chi connectivity index (χ1) is 8.91. The zero-order valence-electron chi connectivity index (χ0n) is 10.6. The number of nitrogens with zero attached hydrogens (tertiary/aromatic N) is 3. The van der Waals surface area contributed by atoms with E-state index in [1.807, 2.05) is 0 Å². The number of fused-ring (bicyclic) bond motifs is 2. The minimum Gasteiger partial charge on any atom is -0.505 e. The molecule has 0 saturated carbocycles. The largest absolute Gasteiger partial charge is 0.505 e. The molecule has 0 atom stereocenters. The third kappa shape index (κ3) is 1.35. The van der Waals surface area contributed by atoms with Gasteiger partial charge in [0.1, 0.15) is 33.6 Å². The number of hydrogen-bond donors (Lipinski definition) is 3. The van der Waals surface area contributed by atoms with Crippen LogP contribution < -0.4 is 5.56 Å². The lowest BCUT2D eigenvalue weighted by Crippen LogP contribution is -2.10. The zero-order valence-corrected chi connectivity index (χ0v) is 10.6. The van der Waals surface area contributed by atoms with Crippen molar-refractivity contribution in [1.82, 2.24) is 19.5 Å². The van der Waals surface area contributed by atoms with E-state index in [1.165, 1.54) is 0 Å². The summed E-state index contributed by atoms with van der Waals surface area (Å²) >= 11 is 0. The molecule has 0 bridgehead atoms. The number of aromatic nitrogens is 4. The van der Waals surface area contributed by atoms with Gasteiger partial charge in [0.25, 0.3) is 5.56 Å². The smallest absolute Gasteiger partial charge is 0.262 e. The lowest BCUT2D eigenvalue weighted by atomic mass is 10.1. The summed E-state index contributed by atoms with van der Waals surface area (Å²) in [6.45, 7) is 3.35. The topological polar surface area (TPSA) is 104 Å². The molecule has 3 aromatic rings. The van der Waals surface area contributed by atoms with Crippen LogP contribution in [0.2, 0.25) is 0 Å². The van der Waals surface area contributed by atoms with E-state index in [1.54, 1.807) is 25.5 Å². The van der Waals surface area contributed by atoms with Crippen molar-refractivity contribution < 1.29 is 10.2 Å².